The second kappa shape index (κ2) is 3.15. The van der Waals surface area contributed by atoms with Crippen molar-refractivity contribution in [3.63, 3.8) is 0 Å². The van der Waals surface area contributed by atoms with Crippen molar-refractivity contribution in [1.29, 1.82) is 0 Å². The van der Waals surface area contributed by atoms with Gasteiger partial charge in [-0.15, -0.1) is 11.3 Å². The van der Waals surface area contributed by atoms with Gasteiger partial charge in [0, 0.05) is 0 Å². The Bertz CT molecular complexity index is 115. The summed E-state index contributed by atoms with van der Waals surface area (Å²) in [5, 5.41) is 10.7. The van der Waals surface area contributed by atoms with Gasteiger partial charge in [0.05, 0.1) is 0 Å². The van der Waals surface area contributed by atoms with Gasteiger partial charge < -0.3 is 5.11 Å². The summed E-state index contributed by atoms with van der Waals surface area (Å²) < 4.78 is 0. The van der Waals surface area contributed by atoms with Crippen molar-refractivity contribution in [3.05, 3.63) is 17.5 Å². The van der Waals surface area contributed by atoms with E-state index in [1.165, 1.54) is 11.3 Å². The fraction of sp³-hybridized carbons (Fsp3) is 0. The molecule has 0 aliphatic rings. The molecule has 3 heteroatoms. The van der Waals surface area contributed by atoms with Gasteiger partial charge in [0.2, 0.25) is 0 Å². The summed E-state index contributed by atoms with van der Waals surface area (Å²) in [4.78, 5) is 0. The first-order valence-electron chi connectivity index (χ1n) is 1.62. The minimum atomic E-state index is 0. The average molecular weight is 108 g/mol. The molecule has 0 saturated carbocycles. The summed E-state index contributed by atoms with van der Waals surface area (Å²) in [6.45, 7) is 0. The van der Waals surface area contributed by atoms with E-state index in [1.54, 1.807) is 12.1 Å². The third kappa shape index (κ3) is 2.03. The number of hydrogen-bond acceptors (Lipinski definition) is 2. The summed E-state index contributed by atoms with van der Waals surface area (Å²) >= 11 is 1.33. The second-order valence-electron chi connectivity index (χ2n) is 0.951. The van der Waals surface area contributed by atoms with Crippen LogP contribution in [0, 0.1) is 0 Å². The molecule has 0 unspecified atom stereocenters. The van der Waals surface area contributed by atoms with E-state index in [0.717, 1.165) is 0 Å². The van der Waals surface area contributed by atoms with E-state index in [0.29, 0.717) is 5.06 Å². The van der Waals surface area contributed by atoms with Crippen LogP contribution in [0.15, 0.2) is 17.5 Å². The van der Waals surface area contributed by atoms with E-state index in [1.807, 2.05) is 5.38 Å². The van der Waals surface area contributed by atoms with Crippen LogP contribution in [0.5, 0.6) is 5.06 Å². The monoisotopic (exact) mass is 108 g/mol. The number of hydrogen-bond donors (Lipinski definition) is 1. The Balaban J connectivity index is 0.000000360. The van der Waals surface area contributed by atoms with Gasteiger partial charge in [0.1, 0.15) is 0 Å². The molecule has 1 N–H and O–H groups in total. The van der Waals surface area contributed by atoms with Crippen molar-refractivity contribution in [1.82, 2.24) is 0 Å². The summed E-state index contributed by atoms with van der Waals surface area (Å²) in [5.41, 5.74) is 0. The Morgan fingerprint density at radius 2 is 2.29 bits per heavy atom. The quantitative estimate of drug-likeness (QED) is 0.487. The molecule has 0 saturated heterocycles. The molecular weight excluding hydrogens is 103 g/mol. The SMILES string of the molecule is Oc1cccs1.[LiH]. The molecule has 1 rings (SSSR count). The van der Waals surface area contributed by atoms with Crippen molar-refractivity contribution >= 4 is 30.2 Å². The number of thiophene rings is 1. The molecule has 0 spiro atoms. The summed E-state index contributed by atoms with van der Waals surface area (Å²) in [6.07, 6.45) is 0. The Kier molecular flexibility index (Phi) is 3.19. The molecule has 0 radical (unpaired) electrons. The predicted octanol–water partition coefficient (Wildman–Crippen LogP) is 0.805. The van der Waals surface area contributed by atoms with Crippen LogP contribution in [-0.4, -0.2) is 24.0 Å². The second-order valence-corrected chi connectivity index (χ2v) is 1.88. The first-order chi connectivity index (χ1) is 2.89. The molecule has 0 bridgehead atoms. The fourth-order valence-corrected chi connectivity index (χ4v) is 0.724. The third-order valence-corrected chi connectivity index (χ3v) is 1.18. The van der Waals surface area contributed by atoms with E-state index < -0.39 is 0 Å². The van der Waals surface area contributed by atoms with Crippen LogP contribution in [0.3, 0.4) is 0 Å². The van der Waals surface area contributed by atoms with Crippen molar-refractivity contribution in [3.8, 4) is 5.06 Å². The topological polar surface area (TPSA) is 20.2 Å². The van der Waals surface area contributed by atoms with Gasteiger partial charge in [-0.3, -0.25) is 0 Å². The van der Waals surface area contributed by atoms with Crippen LogP contribution in [0.25, 0.3) is 0 Å². The average Bonchev–Trinajstić information content (AvgIpc) is 1.86. The Hall–Kier alpha value is 0.0974. The fourth-order valence-electron chi connectivity index (χ4n) is 0.270. The Morgan fingerprint density at radius 1 is 1.57 bits per heavy atom. The van der Waals surface area contributed by atoms with Gasteiger partial charge >= 0.3 is 18.9 Å². The van der Waals surface area contributed by atoms with Crippen LogP contribution in [-0.2, 0) is 0 Å². The summed E-state index contributed by atoms with van der Waals surface area (Å²) in [6, 6.07) is 3.46. The van der Waals surface area contributed by atoms with E-state index in [9.17, 15) is 0 Å². The van der Waals surface area contributed by atoms with E-state index in [-0.39, 0.29) is 18.9 Å². The van der Waals surface area contributed by atoms with Crippen LogP contribution >= 0.6 is 11.3 Å². The summed E-state index contributed by atoms with van der Waals surface area (Å²) in [5.74, 6) is 0. The molecule has 1 nitrogen and oxygen atoms in total. The molecular formula is C4H5LiOS. The maximum absolute atomic E-state index is 8.49. The van der Waals surface area contributed by atoms with Gasteiger partial charge in [-0.05, 0) is 17.5 Å². The molecule has 1 heterocycles. The Labute approximate surface area is 58.2 Å². The third-order valence-electron chi connectivity index (χ3n) is 0.506. The van der Waals surface area contributed by atoms with Crippen LogP contribution in [0.2, 0.25) is 0 Å². The molecule has 0 aromatic carbocycles. The van der Waals surface area contributed by atoms with Gasteiger partial charge in [0.25, 0.3) is 0 Å². The first kappa shape index (κ1) is 7.10. The zero-order chi connectivity index (χ0) is 4.41. The molecule has 1 aromatic heterocycles. The zero-order valence-electron chi connectivity index (χ0n) is 3.09. The van der Waals surface area contributed by atoms with Gasteiger partial charge in [-0.25, -0.2) is 0 Å². The van der Waals surface area contributed by atoms with Crippen molar-refractivity contribution in [2.24, 2.45) is 0 Å². The molecule has 0 amide bonds. The van der Waals surface area contributed by atoms with Gasteiger partial charge in [-0.1, -0.05) is 0 Å². The van der Waals surface area contributed by atoms with Crippen molar-refractivity contribution in [2.75, 3.05) is 0 Å². The van der Waals surface area contributed by atoms with E-state index in [4.69, 9.17) is 5.11 Å². The molecule has 34 valence electrons. The maximum atomic E-state index is 8.49. The Morgan fingerprint density at radius 3 is 2.43 bits per heavy atom. The molecule has 0 atom stereocenters. The minimum absolute atomic E-state index is 0. The standard InChI is InChI=1S/C4H4OS.Li.H/c5-4-2-1-3-6-4;;/h1-3,5H;;. The van der Waals surface area contributed by atoms with Crippen LogP contribution in [0.4, 0.5) is 0 Å². The van der Waals surface area contributed by atoms with Crippen LogP contribution < -0.4 is 0 Å². The van der Waals surface area contributed by atoms with E-state index >= 15 is 0 Å². The van der Waals surface area contributed by atoms with Gasteiger partial charge in [0.15, 0.2) is 5.06 Å². The number of rotatable bonds is 0. The van der Waals surface area contributed by atoms with E-state index in [2.05, 4.69) is 0 Å². The van der Waals surface area contributed by atoms with Crippen molar-refractivity contribution in [2.45, 2.75) is 0 Å². The molecule has 0 aliphatic carbocycles. The van der Waals surface area contributed by atoms with Crippen molar-refractivity contribution < 1.29 is 5.11 Å². The molecule has 0 fully saturated rings. The molecule has 0 aliphatic heterocycles. The van der Waals surface area contributed by atoms with Crippen LogP contribution in [0.1, 0.15) is 0 Å². The zero-order valence-corrected chi connectivity index (χ0v) is 3.90. The molecule has 7 heavy (non-hydrogen) atoms. The first-order valence-corrected chi connectivity index (χ1v) is 2.50. The van der Waals surface area contributed by atoms with Gasteiger partial charge in [-0.2, -0.15) is 0 Å². The normalized spacial score (nSPS) is 7.43. The summed E-state index contributed by atoms with van der Waals surface area (Å²) in [7, 11) is 0. The molecule has 1 aromatic rings. The predicted molar refractivity (Wildman–Crippen MR) is 33.1 cm³/mol. The number of aromatic hydroxyl groups is 1.